The lowest BCUT2D eigenvalue weighted by molar-refractivity contribution is 0.0923. The number of Topliss-reactive ketones (excluding diaryl/α,β-unsaturated/α-hetero) is 1. The molecular formula is C18H28N2O. The molecule has 0 atom stereocenters. The third-order valence-electron chi connectivity index (χ3n) is 4.98. The van der Waals surface area contributed by atoms with Crippen molar-refractivity contribution in [3.05, 3.63) is 23.0 Å². The average Bonchev–Trinajstić information content (AvgIpc) is 3.33. The van der Waals surface area contributed by atoms with Crippen LogP contribution in [0.5, 0.6) is 0 Å². The molecule has 2 saturated carbocycles. The Morgan fingerprint density at radius 2 is 1.76 bits per heavy atom. The molecule has 2 fully saturated rings. The summed E-state index contributed by atoms with van der Waals surface area (Å²) < 4.78 is 2.24. The van der Waals surface area contributed by atoms with Crippen LogP contribution in [0.1, 0.15) is 54.4 Å². The van der Waals surface area contributed by atoms with Gasteiger partial charge in [-0.3, -0.25) is 9.69 Å². The normalized spacial score (nSPS) is 18.5. The molecule has 0 N–H and O–H groups in total. The number of ketones is 1. The van der Waals surface area contributed by atoms with E-state index >= 15 is 0 Å². The predicted molar refractivity (Wildman–Crippen MR) is 85.8 cm³/mol. The third-order valence-corrected chi connectivity index (χ3v) is 4.98. The number of carbonyl (C=O) groups excluding carboxylic acids is 1. The molecule has 0 saturated heterocycles. The van der Waals surface area contributed by atoms with Crippen LogP contribution in [0.2, 0.25) is 0 Å². The highest BCUT2D eigenvalue weighted by atomic mass is 16.1. The lowest BCUT2D eigenvalue weighted by Gasteiger charge is -2.21. The molecule has 2 aliphatic carbocycles. The van der Waals surface area contributed by atoms with E-state index in [9.17, 15) is 4.79 Å². The highest BCUT2D eigenvalue weighted by Crippen LogP contribution is 2.33. The molecule has 1 heterocycles. The Kier molecular flexibility index (Phi) is 4.21. The minimum Gasteiger partial charge on any atom is -0.349 e. The summed E-state index contributed by atoms with van der Waals surface area (Å²) in [6.45, 7) is 10.1. The fourth-order valence-corrected chi connectivity index (χ4v) is 3.39. The number of aryl methyl sites for hydroxylation is 1. The zero-order valence-electron chi connectivity index (χ0n) is 13.7. The molecule has 0 aliphatic heterocycles. The second kappa shape index (κ2) is 5.96. The van der Waals surface area contributed by atoms with Crippen LogP contribution in [0.15, 0.2) is 6.07 Å². The van der Waals surface area contributed by atoms with Crippen LogP contribution in [-0.2, 0) is 6.54 Å². The lowest BCUT2D eigenvalue weighted by Crippen LogP contribution is -2.33. The summed E-state index contributed by atoms with van der Waals surface area (Å²) in [5.41, 5.74) is 3.28. The Labute approximate surface area is 128 Å². The SMILES string of the molecule is CCn1c(C)cc(C(=O)CN(CC2CC2)CC2CC2)c1C. The second-order valence-corrected chi connectivity index (χ2v) is 7.03. The number of hydrogen-bond acceptors (Lipinski definition) is 2. The molecule has 0 bridgehead atoms. The smallest absolute Gasteiger partial charge is 0.178 e. The van der Waals surface area contributed by atoms with E-state index in [0.29, 0.717) is 12.3 Å². The molecule has 3 heteroatoms. The highest BCUT2D eigenvalue weighted by molar-refractivity contribution is 5.99. The number of nitrogens with zero attached hydrogens (tertiary/aromatic N) is 2. The first-order chi connectivity index (χ1) is 10.1. The van der Waals surface area contributed by atoms with E-state index in [1.165, 1.54) is 31.4 Å². The predicted octanol–water partition coefficient (Wildman–Crippen LogP) is 3.43. The second-order valence-electron chi connectivity index (χ2n) is 7.03. The van der Waals surface area contributed by atoms with Crippen LogP contribution in [-0.4, -0.2) is 34.9 Å². The first-order valence-corrected chi connectivity index (χ1v) is 8.50. The molecule has 2 aliphatic rings. The van der Waals surface area contributed by atoms with Crippen molar-refractivity contribution in [3.63, 3.8) is 0 Å². The first kappa shape index (κ1) is 14.8. The van der Waals surface area contributed by atoms with Crippen molar-refractivity contribution in [2.45, 2.75) is 53.0 Å². The molecule has 3 nitrogen and oxygen atoms in total. The topological polar surface area (TPSA) is 25.2 Å². The van der Waals surface area contributed by atoms with E-state index in [2.05, 4.69) is 36.3 Å². The van der Waals surface area contributed by atoms with Crippen LogP contribution in [0.25, 0.3) is 0 Å². The third kappa shape index (κ3) is 3.57. The molecule has 0 unspecified atom stereocenters. The van der Waals surface area contributed by atoms with Crippen molar-refractivity contribution in [2.75, 3.05) is 19.6 Å². The molecule has 0 spiro atoms. The summed E-state index contributed by atoms with van der Waals surface area (Å²) in [5, 5.41) is 0. The van der Waals surface area contributed by atoms with Gasteiger partial charge in [-0.15, -0.1) is 0 Å². The number of hydrogen-bond donors (Lipinski definition) is 0. The van der Waals surface area contributed by atoms with Crippen molar-refractivity contribution in [1.82, 2.24) is 9.47 Å². The van der Waals surface area contributed by atoms with E-state index in [-0.39, 0.29) is 0 Å². The van der Waals surface area contributed by atoms with Crippen LogP contribution in [0, 0.1) is 25.7 Å². The number of aromatic nitrogens is 1. The van der Waals surface area contributed by atoms with Crippen molar-refractivity contribution < 1.29 is 4.79 Å². The van der Waals surface area contributed by atoms with E-state index in [1.54, 1.807) is 0 Å². The molecule has 21 heavy (non-hydrogen) atoms. The van der Waals surface area contributed by atoms with Gasteiger partial charge < -0.3 is 4.57 Å². The minimum atomic E-state index is 0.309. The van der Waals surface area contributed by atoms with Crippen molar-refractivity contribution in [3.8, 4) is 0 Å². The molecule has 0 amide bonds. The van der Waals surface area contributed by atoms with Gasteiger partial charge in [-0.05, 0) is 64.4 Å². The maximum Gasteiger partial charge on any atom is 0.178 e. The summed E-state index contributed by atoms with van der Waals surface area (Å²) in [6.07, 6.45) is 5.44. The van der Waals surface area contributed by atoms with Gasteiger partial charge in [0.05, 0.1) is 6.54 Å². The highest BCUT2D eigenvalue weighted by Gasteiger charge is 2.30. The minimum absolute atomic E-state index is 0.309. The summed E-state index contributed by atoms with van der Waals surface area (Å²) in [7, 11) is 0. The fourth-order valence-electron chi connectivity index (χ4n) is 3.39. The van der Waals surface area contributed by atoms with Crippen LogP contribution in [0.3, 0.4) is 0 Å². The first-order valence-electron chi connectivity index (χ1n) is 8.50. The Hall–Kier alpha value is -1.09. The monoisotopic (exact) mass is 288 g/mol. The zero-order valence-corrected chi connectivity index (χ0v) is 13.7. The van der Waals surface area contributed by atoms with E-state index in [4.69, 9.17) is 0 Å². The van der Waals surface area contributed by atoms with Gasteiger partial charge in [-0.1, -0.05) is 0 Å². The molecule has 0 aromatic carbocycles. The van der Waals surface area contributed by atoms with E-state index in [1.807, 2.05) is 0 Å². The maximum absolute atomic E-state index is 12.7. The molecule has 3 rings (SSSR count). The fraction of sp³-hybridized carbons (Fsp3) is 0.722. The Morgan fingerprint density at radius 3 is 2.19 bits per heavy atom. The standard InChI is InChI=1S/C18H28N2O/c1-4-20-13(2)9-17(14(20)3)18(21)12-19(10-15-5-6-15)11-16-7-8-16/h9,15-16H,4-8,10-12H2,1-3H3. The molecule has 1 aromatic heterocycles. The van der Waals surface area contributed by atoms with E-state index < -0.39 is 0 Å². The molecule has 116 valence electrons. The van der Waals surface area contributed by atoms with Crippen LogP contribution < -0.4 is 0 Å². The Morgan fingerprint density at radius 1 is 1.19 bits per heavy atom. The van der Waals surface area contributed by atoms with Gasteiger partial charge in [0.1, 0.15) is 0 Å². The van der Waals surface area contributed by atoms with Gasteiger partial charge in [-0.25, -0.2) is 0 Å². The van der Waals surface area contributed by atoms with Crippen LogP contribution in [0.4, 0.5) is 0 Å². The maximum atomic E-state index is 12.7. The largest absolute Gasteiger partial charge is 0.349 e. The van der Waals surface area contributed by atoms with Crippen molar-refractivity contribution in [2.24, 2.45) is 11.8 Å². The van der Waals surface area contributed by atoms with Gasteiger partial charge in [0.2, 0.25) is 0 Å². The van der Waals surface area contributed by atoms with Crippen molar-refractivity contribution in [1.29, 1.82) is 0 Å². The van der Waals surface area contributed by atoms with E-state index in [0.717, 1.165) is 42.7 Å². The van der Waals surface area contributed by atoms with Crippen molar-refractivity contribution >= 4 is 5.78 Å². The Bertz CT molecular complexity index is 510. The summed E-state index contributed by atoms with van der Waals surface area (Å²) in [4.78, 5) is 15.1. The van der Waals surface area contributed by atoms with Gasteiger partial charge in [0.25, 0.3) is 0 Å². The van der Waals surface area contributed by atoms with Gasteiger partial charge in [-0.2, -0.15) is 0 Å². The molecule has 0 radical (unpaired) electrons. The molecule has 1 aromatic rings. The summed E-state index contributed by atoms with van der Waals surface area (Å²) in [6, 6.07) is 2.08. The van der Waals surface area contributed by atoms with Gasteiger partial charge in [0.15, 0.2) is 5.78 Å². The summed E-state index contributed by atoms with van der Waals surface area (Å²) >= 11 is 0. The average molecular weight is 288 g/mol. The number of rotatable bonds is 8. The van der Waals surface area contributed by atoms with Gasteiger partial charge in [0, 0.05) is 36.6 Å². The summed E-state index contributed by atoms with van der Waals surface area (Å²) in [5.74, 6) is 2.03. The molecular weight excluding hydrogens is 260 g/mol. The number of carbonyl (C=O) groups is 1. The van der Waals surface area contributed by atoms with Crippen LogP contribution >= 0.6 is 0 Å². The Balaban J connectivity index is 1.67. The lowest BCUT2D eigenvalue weighted by atomic mass is 10.1. The quantitative estimate of drug-likeness (QED) is 0.685. The zero-order chi connectivity index (χ0) is 15.0. The van der Waals surface area contributed by atoms with Gasteiger partial charge >= 0.3 is 0 Å².